The number of hydrogen-bond acceptors (Lipinski definition) is 5. The number of rotatable bonds is 4. The van der Waals surface area contributed by atoms with Crippen molar-refractivity contribution in [1.82, 2.24) is 14.5 Å². The minimum atomic E-state index is -0.474. The summed E-state index contributed by atoms with van der Waals surface area (Å²) >= 11 is 2.80. The molecule has 1 fully saturated rings. The first-order valence-electron chi connectivity index (χ1n) is 11.3. The standard InChI is InChI=1S/C24H26FN3O2S2/c1-15-10-12-27(13-11-15)20(29)14-31-24-26-22-21(16-6-2-5-9-19(16)32-22)23(30)28(24)18-8-4-3-7-17(18)25/h3-4,7-8,15H,2,5-6,9-14H2,1H3. The predicted molar refractivity (Wildman–Crippen MR) is 128 cm³/mol. The van der Waals surface area contributed by atoms with Crippen LogP contribution in [0.4, 0.5) is 4.39 Å². The molecule has 32 heavy (non-hydrogen) atoms. The number of hydrogen-bond donors (Lipinski definition) is 0. The van der Waals surface area contributed by atoms with E-state index in [1.807, 2.05) is 4.90 Å². The Balaban J connectivity index is 1.55. The molecule has 3 heterocycles. The van der Waals surface area contributed by atoms with Gasteiger partial charge in [0, 0.05) is 18.0 Å². The number of fused-ring (bicyclic) bond motifs is 3. The smallest absolute Gasteiger partial charge is 0.267 e. The van der Waals surface area contributed by atoms with E-state index < -0.39 is 5.82 Å². The van der Waals surface area contributed by atoms with Crippen molar-refractivity contribution < 1.29 is 9.18 Å². The summed E-state index contributed by atoms with van der Waals surface area (Å²) in [5.74, 6) is 0.401. The van der Waals surface area contributed by atoms with Gasteiger partial charge in [0.25, 0.3) is 5.56 Å². The first kappa shape index (κ1) is 21.6. The summed E-state index contributed by atoms with van der Waals surface area (Å²) in [5.41, 5.74) is 1.03. The van der Waals surface area contributed by atoms with E-state index in [1.165, 1.54) is 27.3 Å². The minimum absolute atomic E-state index is 0.0433. The summed E-state index contributed by atoms with van der Waals surface area (Å²) in [4.78, 5) is 35.1. The Morgan fingerprint density at radius 1 is 1.22 bits per heavy atom. The Morgan fingerprint density at radius 2 is 1.97 bits per heavy atom. The van der Waals surface area contributed by atoms with E-state index in [2.05, 4.69) is 6.92 Å². The second-order valence-corrected chi connectivity index (χ2v) is 10.8. The summed E-state index contributed by atoms with van der Waals surface area (Å²) in [6.07, 6.45) is 6.03. The third-order valence-electron chi connectivity index (χ3n) is 6.51. The summed E-state index contributed by atoms with van der Waals surface area (Å²) in [6.45, 7) is 3.75. The quantitative estimate of drug-likeness (QED) is 0.405. The topological polar surface area (TPSA) is 55.2 Å². The van der Waals surface area contributed by atoms with Gasteiger partial charge in [0.2, 0.25) is 5.91 Å². The molecule has 0 saturated carbocycles. The van der Waals surface area contributed by atoms with Crippen molar-refractivity contribution in [3.05, 3.63) is 50.9 Å². The van der Waals surface area contributed by atoms with Gasteiger partial charge in [-0.3, -0.25) is 14.2 Å². The van der Waals surface area contributed by atoms with Crippen molar-refractivity contribution in [3.8, 4) is 5.69 Å². The van der Waals surface area contributed by atoms with E-state index in [4.69, 9.17) is 4.98 Å². The molecule has 0 atom stereocenters. The van der Waals surface area contributed by atoms with Crippen molar-refractivity contribution in [2.24, 2.45) is 5.92 Å². The van der Waals surface area contributed by atoms with Gasteiger partial charge in [-0.1, -0.05) is 30.8 Å². The van der Waals surface area contributed by atoms with Gasteiger partial charge in [0.1, 0.15) is 10.6 Å². The first-order valence-corrected chi connectivity index (χ1v) is 13.1. The number of aromatic nitrogens is 2. The Labute approximate surface area is 194 Å². The maximum Gasteiger partial charge on any atom is 0.267 e. The highest BCUT2D eigenvalue weighted by Crippen LogP contribution is 2.35. The van der Waals surface area contributed by atoms with Crippen LogP contribution in [0.2, 0.25) is 0 Å². The number of piperidine rings is 1. The summed E-state index contributed by atoms with van der Waals surface area (Å²) in [7, 11) is 0. The lowest BCUT2D eigenvalue weighted by Crippen LogP contribution is -2.39. The summed E-state index contributed by atoms with van der Waals surface area (Å²) in [6, 6.07) is 6.27. The van der Waals surface area contributed by atoms with Gasteiger partial charge >= 0.3 is 0 Å². The van der Waals surface area contributed by atoms with Gasteiger partial charge in [0.15, 0.2) is 5.16 Å². The van der Waals surface area contributed by atoms with Crippen molar-refractivity contribution in [1.29, 1.82) is 0 Å². The minimum Gasteiger partial charge on any atom is -0.342 e. The first-order chi connectivity index (χ1) is 15.5. The molecule has 0 bridgehead atoms. The third-order valence-corrected chi connectivity index (χ3v) is 8.62. The molecule has 1 saturated heterocycles. The molecule has 1 amide bonds. The van der Waals surface area contributed by atoms with E-state index in [0.717, 1.165) is 57.2 Å². The average Bonchev–Trinajstić information content (AvgIpc) is 3.17. The highest BCUT2D eigenvalue weighted by atomic mass is 32.2. The zero-order valence-corrected chi connectivity index (χ0v) is 19.7. The predicted octanol–water partition coefficient (Wildman–Crippen LogP) is 4.82. The number of carbonyl (C=O) groups is 1. The molecule has 0 spiro atoms. The molecule has 0 radical (unpaired) electrons. The third kappa shape index (κ3) is 3.99. The Kier molecular flexibility index (Phi) is 6.07. The molecule has 5 rings (SSSR count). The normalized spacial score (nSPS) is 17.0. The van der Waals surface area contributed by atoms with Gasteiger partial charge in [-0.05, 0) is 62.1 Å². The number of aryl methyl sites for hydroxylation is 2. The molecule has 1 aliphatic carbocycles. The Morgan fingerprint density at radius 3 is 2.75 bits per heavy atom. The van der Waals surface area contributed by atoms with E-state index in [1.54, 1.807) is 29.5 Å². The van der Waals surface area contributed by atoms with Gasteiger partial charge in [-0.2, -0.15) is 0 Å². The number of carbonyl (C=O) groups excluding carboxylic acids is 1. The number of amides is 1. The molecule has 5 nitrogen and oxygen atoms in total. The fraction of sp³-hybridized carbons (Fsp3) is 0.458. The lowest BCUT2D eigenvalue weighted by atomic mass is 9.97. The van der Waals surface area contributed by atoms with Crippen LogP contribution >= 0.6 is 23.1 Å². The monoisotopic (exact) mass is 471 g/mol. The number of para-hydroxylation sites is 1. The van der Waals surface area contributed by atoms with Crippen molar-refractivity contribution in [2.75, 3.05) is 18.8 Å². The second-order valence-electron chi connectivity index (χ2n) is 8.73. The maximum atomic E-state index is 14.8. The van der Waals surface area contributed by atoms with Crippen LogP contribution in [0.3, 0.4) is 0 Å². The molecule has 1 aromatic carbocycles. The summed E-state index contributed by atoms with van der Waals surface area (Å²) in [5, 5.41) is 0.999. The van der Waals surface area contributed by atoms with E-state index in [0.29, 0.717) is 21.3 Å². The van der Waals surface area contributed by atoms with Gasteiger partial charge in [-0.25, -0.2) is 9.37 Å². The maximum absolute atomic E-state index is 14.8. The van der Waals surface area contributed by atoms with Crippen LogP contribution < -0.4 is 5.56 Å². The number of nitrogens with zero attached hydrogens (tertiary/aromatic N) is 3. The zero-order valence-electron chi connectivity index (χ0n) is 18.1. The van der Waals surface area contributed by atoms with Gasteiger partial charge in [0.05, 0.1) is 16.8 Å². The number of halogens is 1. The fourth-order valence-corrected chi connectivity index (χ4v) is 6.82. The number of likely N-dealkylation sites (tertiary alicyclic amines) is 1. The van der Waals surface area contributed by atoms with Crippen molar-refractivity contribution in [3.63, 3.8) is 0 Å². The number of benzene rings is 1. The van der Waals surface area contributed by atoms with Gasteiger partial charge in [-0.15, -0.1) is 11.3 Å². The van der Waals surface area contributed by atoms with Crippen LogP contribution in [0.15, 0.2) is 34.2 Å². The molecular weight excluding hydrogens is 445 g/mol. The van der Waals surface area contributed by atoms with Crippen LogP contribution in [0, 0.1) is 11.7 Å². The molecular formula is C24H26FN3O2S2. The van der Waals surface area contributed by atoms with Crippen LogP contribution in [-0.4, -0.2) is 39.2 Å². The van der Waals surface area contributed by atoms with Crippen LogP contribution in [0.1, 0.15) is 43.0 Å². The number of thioether (sulfide) groups is 1. The zero-order chi connectivity index (χ0) is 22.2. The van der Waals surface area contributed by atoms with E-state index >= 15 is 0 Å². The Hall–Kier alpha value is -2.19. The van der Waals surface area contributed by atoms with Gasteiger partial charge < -0.3 is 4.90 Å². The largest absolute Gasteiger partial charge is 0.342 e. The fourth-order valence-electron chi connectivity index (χ4n) is 4.60. The lowest BCUT2D eigenvalue weighted by Gasteiger charge is -2.30. The molecule has 2 aromatic heterocycles. The SMILES string of the molecule is CC1CCN(C(=O)CSc2nc3sc4c(c3c(=O)n2-c2ccccc2F)CCCC4)CC1. The molecule has 3 aromatic rings. The lowest BCUT2D eigenvalue weighted by molar-refractivity contribution is -0.129. The highest BCUT2D eigenvalue weighted by Gasteiger charge is 2.25. The van der Waals surface area contributed by atoms with E-state index in [-0.39, 0.29) is 22.9 Å². The van der Waals surface area contributed by atoms with Crippen LogP contribution in [0.25, 0.3) is 15.9 Å². The van der Waals surface area contributed by atoms with Crippen molar-refractivity contribution >= 4 is 39.2 Å². The molecule has 0 N–H and O–H groups in total. The number of thiophene rings is 1. The van der Waals surface area contributed by atoms with Crippen molar-refractivity contribution in [2.45, 2.75) is 50.6 Å². The molecule has 168 valence electrons. The van der Waals surface area contributed by atoms with Crippen LogP contribution in [-0.2, 0) is 17.6 Å². The average molecular weight is 472 g/mol. The summed E-state index contributed by atoms with van der Waals surface area (Å²) < 4.78 is 16.1. The second kappa shape index (κ2) is 8.98. The molecule has 1 aliphatic heterocycles. The highest BCUT2D eigenvalue weighted by molar-refractivity contribution is 7.99. The Bertz CT molecular complexity index is 1230. The molecule has 8 heteroatoms. The van der Waals surface area contributed by atoms with Crippen LogP contribution in [0.5, 0.6) is 0 Å². The molecule has 0 unspecified atom stereocenters. The molecule has 2 aliphatic rings. The van der Waals surface area contributed by atoms with E-state index in [9.17, 15) is 14.0 Å².